The molecule has 1 atom stereocenters. The predicted molar refractivity (Wildman–Crippen MR) is 106 cm³/mol. The number of rotatable bonds is 2. The molecule has 150 valence electrons. The summed E-state index contributed by atoms with van der Waals surface area (Å²) in [7, 11) is 0. The van der Waals surface area contributed by atoms with Crippen LogP contribution in [0.5, 0.6) is 0 Å². The van der Waals surface area contributed by atoms with Crippen LogP contribution in [0.2, 0.25) is 0 Å². The summed E-state index contributed by atoms with van der Waals surface area (Å²) in [5.74, 6) is -0.0562. The molecule has 3 aliphatic rings. The van der Waals surface area contributed by atoms with Crippen LogP contribution in [0.3, 0.4) is 0 Å². The van der Waals surface area contributed by atoms with E-state index in [1.54, 1.807) is 4.90 Å². The van der Waals surface area contributed by atoms with Crippen LogP contribution in [0.1, 0.15) is 37.3 Å². The van der Waals surface area contributed by atoms with Crippen molar-refractivity contribution in [2.45, 2.75) is 46.1 Å². The molecule has 1 aromatic rings. The number of anilines is 1. The Bertz CT molecular complexity index is 803. The number of hydrogen-bond donors (Lipinski definition) is 1. The van der Waals surface area contributed by atoms with Gasteiger partial charge in [0.05, 0.1) is 0 Å². The van der Waals surface area contributed by atoms with Crippen molar-refractivity contribution in [1.82, 2.24) is 14.7 Å². The average Bonchev–Trinajstić information content (AvgIpc) is 3.14. The number of hydrogen-bond acceptors (Lipinski definition) is 3. The number of likely N-dealkylation sites (tertiary alicyclic amines) is 1. The van der Waals surface area contributed by atoms with Gasteiger partial charge in [-0.15, -0.1) is 0 Å². The standard InChI is InChI=1S/C21H28N4O3/c1-4-24-18(26)17-12-21(13-25(17)20(24)28)7-9-23(10-8-21)19(27)22-16-6-5-14(2)15(3)11-16/h5-6,11,17H,4,7-10,12-13H2,1-3H3,(H,22,27). The molecule has 7 nitrogen and oxygen atoms in total. The molecule has 4 rings (SSSR count). The molecule has 1 N–H and O–H groups in total. The lowest BCUT2D eigenvalue weighted by atomic mass is 9.76. The van der Waals surface area contributed by atoms with Crippen molar-refractivity contribution in [3.8, 4) is 0 Å². The van der Waals surface area contributed by atoms with Crippen LogP contribution >= 0.6 is 0 Å². The van der Waals surface area contributed by atoms with E-state index < -0.39 is 0 Å². The Labute approximate surface area is 165 Å². The zero-order chi connectivity index (χ0) is 20.1. The Balaban J connectivity index is 1.36. The van der Waals surface area contributed by atoms with Crippen LogP contribution in [0.15, 0.2) is 18.2 Å². The molecule has 1 spiro atoms. The zero-order valence-electron chi connectivity index (χ0n) is 16.8. The van der Waals surface area contributed by atoms with Crippen LogP contribution in [-0.2, 0) is 4.79 Å². The molecule has 5 amide bonds. The minimum atomic E-state index is -0.302. The third-order valence-corrected chi connectivity index (χ3v) is 6.72. The first-order valence-corrected chi connectivity index (χ1v) is 10.1. The summed E-state index contributed by atoms with van der Waals surface area (Å²) < 4.78 is 0. The van der Waals surface area contributed by atoms with E-state index in [9.17, 15) is 14.4 Å². The van der Waals surface area contributed by atoms with Gasteiger partial charge in [0, 0.05) is 31.9 Å². The maximum atomic E-state index is 12.6. The van der Waals surface area contributed by atoms with Crippen molar-refractivity contribution in [1.29, 1.82) is 0 Å². The molecular formula is C21H28N4O3. The molecule has 0 saturated carbocycles. The molecule has 1 aromatic carbocycles. The average molecular weight is 384 g/mol. The second kappa shape index (κ2) is 6.79. The van der Waals surface area contributed by atoms with Gasteiger partial charge in [-0.05, 0) is 68.7 Å². The van der Waals surface area contributed by atoms with E-state index in [4.69, 9.17) is 0 Å². The van der Waals surface area contributed by atoms with Crippen molar-refractivity contribution < 1.29 is 14.4 Å². The Hall–Kier alpha value is -2.57. The lowest BCUT2D eigenvalue weighted by molar-refractivity contribution is -0.128. The van der Waals surface area contributed by atoms with Gasteiger partial charge in [-0.1, -0.05) is 6.07 Å². The van der Waals surface area contributed by atoms with E-state index in [2.05, 4.69) is 5.32 Å². The van der Waals surface area contributed by atoms with Crippen LogP contribution < -0.4 is 5.32 Å². The zero-order valence-corrected chi connectivity index (χ0v) is 16.8. The van der Waals surface area contributed by atoms with Gasteiger partial charge in [0.1, 0.15) is 6.04 Å². The molecule has 3 heterocycles. The van der Waals surface area contributed by atoms with Crippen LogP contribution in [0.4, 0.5) is 15.3 Å². The van der Waals surface area contributed by atoms with Gasteiger partial charge < -0.3 is 15.1 Å². The number of fused-ring (bicyclic) bond motifs is 1. The lowest BCUT2D eigenvalue weighted by Gasteiger charge is -2.39. The van der Waals surface area contributed by atoms with E-state index in [0.29, 0.717) is 26.2 Å². The Kier molecular flexibility index (Phi) is 4.56. The highest BCUT2D eigenvalue weighted by Crippen LogP contribution is 2.46. The van der Waals surface area contributed by atoms with E-state index >= 15 is 0 Å². The molecule has 28 heavy (non-hydrogen) atoms. The smallest absolute Gasteiger partial charge is 0.324 e. The Morgan fingerprint density at radius 2 is 1.89 bits per heavy atom. The third kappa shape index (κ3) is 3.02. The number of urea groups is 2. The fraction of sp³-hybridized carbons (Fsp3) is 0.571. The minimum Gasteiger partial charge on any atom is -0.324 e. The van der Waals surface area contributed by atoms with Crippen LogP contribution in [-0.4, -0.2) is 64.9 Å². The molecule has 0 radical (unpaired) electrons. The van der Waals surface area contributed by atoms with Gasteiger partial charge in [0.2, 0.25) is 0 Å². The number of aryl methyl sites for hydroxylation is 2. The number of likely N-dealkylation sites (N-methyl/N-ethyl adjacent to an activating group) is 1. The summed E-state index contributed by atoms with van der Waals surface area (Å²) >= 11 is 0. The highest BCUT2D eigenvalue weighted by molar-refractivity contribution is 6.04. The molecular weight excluding hydrogens is 356 g/mol. The van der Waals surface area contributed by atoms with Gasteiger partial charge >= 0.3 is 12.1 Å². The van der Waals surface area contributed by atoms with Crippen LogP contribution in [0.25, 0.3) is 0 Å². The van der Waals surface area contributed by atoms with Crippen molar-refractivity contribution >= 4 is 23.7 Å². The number of carbonyl (C=O) groups is 3. The largest absolute Gasteiger partial charge is 0.327 e. The summed E-state index contributed by atoms with van der Waals surface area (Å²) in [5, 5.41) is 2.99. The summed E-state index contributed by atoms with van der Waals surface area (Å²) in [5.41, 5.74) is 3.13. The van der Waals surface area contributed by atoms with Crippen molar-refractivity contribution in [2.75, 3.05) is 31.5 Å². The summed E-state index contributed by atoms with van der Waals surface area (Å²) in [6.45, 7) is 8.28. The first-order valence-electron chi connectivity index (χ1n) is 10.1. The summed E-state index contributed by atoms with van der Waals surface area (Å²) in [6.07, 6.45) is 2.38. The second-order valence-corrected chi connectivity index (χ2v) is 8.43. The Morgan fingerprint density at radius 3 is 2.50 bits per heavy atom. The maximum absolute atomic E-state index is 12.6. The highest BCUT2D eigenvalue weighted by Gasteiger charge is 2.56. The fourth-order valence-corrected chi connectivity index (χ4v) is 4.77. The van der Waals surface area contributed by atoms with Gasteiger partial charge in [0.25, 0.3) is 5.91 Å². The SMILES string of the molecule is CCN1C(=O)C2CC3(CCN(C(=O)Nc4ccc(C)c(C)c4)CC3)CN2C1=O. The van der Waals surface area contributed by atoms with Gasteiger partial charge in [-0.2, -0.15) is 0 Å². The first-order chi connectivity index (χ1) is 13.3. The van der Waals surface area contributed by atoms with E-state index in [0.717, 1.165) is 30.5 Å². The molecule has 0 aromatic heterocycles. The maximum Gasteiger partial charge on any atom is 0.327 e. The van der Waals surface area contributed by atoms with E-state index in [1.807, 2.05) is 43.9 Å². The number of carbonyl (C=O) groups excluding carboxylic acids is 3. The van der Waals surface area contributed by atoms with Gasteiger partial charge in [-0.25, -0.2) is 9.59 Å². The molecule has 7 heteroatoms. The monoisotopic (exact) mass is 384 g/mol. The van der Waals surface area contributed by atoms with Crippen molar-refractivity contribution in [3.05, 3.63) is 29.3 Å². The molecule has 0 aliphatic carbocycles. The van der Waals surface area contributed by atoms with Gasteiger partial charge in [0.15, 0.2) is 0 Å². The van der Waals surface area contributed by atoms with E-state index in [1.165, 1.54) is 10.5 Å². The quantitative estimate of drug-likeness (QED) is 0.797. The number of piperidine rings is 1. The third-order valence-electron chi connectivity index (χ3n) is 6.72. The number of amides is 5. The molecule has 3 aliphatic heterocycles. The summed E-state index contributed by atoms with van der Waals surface area (Å²) in [6, 6.07) is 5.39. The Morgan fingerprint density at radius 1 is 1.18 bits per heavy atom. The second-order valence-electron chi connectivity index (χ2n) is 8.43. The normalized spacial score (nSPS) is 23.5. The molecule has 3 fully saturated rings. The molecule has 3 saturated heterocycles. The topological polar surface area (TPSA) is 73.0 Å². The van der Waals surface area contributed by atoms with Gasteiger partial charge in [-0.3, -0.25) is 9.69 Å². The predicted octanol–water partition coefficient (Wildman–Crippen LogP) is 2.97. The number of nitrogens with one attached hydrogen (secondary N) is 1. The number of benzene rings is 1. The van der Waals surface area contributed by atoms with Crippen LogP contribution in [0, 0.1) is 19.3 Å². The molecule has 1 unspecified atom stereocenters. The van der Waals surface area contributed by atoms with Crippen molar-refractivity contribution in [2.24, 2.45) is 5.41 Å². The van der Waals surface area contributed by atoms with Crippen molar-refractivity contribution in [3.63, 3.8) is 0 Å². The number of nitrogens with zero attached hydrogens (tertiary/aromatic N) is 3. The number of imide groups is 1. The summed E-state index contributed by atoms with van der Waals surface area (Å²) in [4.78, 5) is 42.5. The fourth-order valence-electron chi connectivity index (χ4n) is 4.77. The highest BCUT2D eigenvalue weighted by atomic mass is 16.2. The first kappa shape index (κ1) is 18.8. The lowest BCUT2D eigenvalue weighted by Crippen LogP contribution is -2.47. The minimum absolute atomic E-state index is 0.0347. The molecule has 0 bridgehead atoms. The van der Waals surface area contributed by atoms with E-state index in [-0.39, 0.29) is 29.4 Å².